The van der Waals surface area contributed by atoms with E-state index in [9.17, 15) is 9.90 Å². The van der Waals surface area contributed by atoms with Gasteiger partial charge >= 0.3 is 0 Å². The lowest BCUT2D eigenvalue weighted by molar-refractivity contribution is -0.107. The van der Waals surface area contributed by atoms with Gasteiger partial charge in [-0.15, -0.1) is 23.5 Å². The summed E-state index contributed by atoms with van der Waals surface area (Å²) in [4.78, 5) is 12.3. The van der Waals surface area contributed by atoms with E-state index in [-0.39, 0.29) is 0 Å². The van der Waals surface area contributed by atoms with Gasteiger partial charge in [0.15, 0.2) is 0 Å². The van der Waals surface area contributed by atoms with Crippen LogP contribution < -0.4 is 0 Å². The van der Waals surface area contributed by atoms with Crippen LogP contribution in [-0.4, -0.2) is 22.9 Å². The first-order valence-corrected chi connectivity index (χ1v) is 7.25. The van der Waals surface area contributed by atoms with Crippen LogP contribution in [-0.2, 0) is 11.2 Å². The molecule has 2 nitrogen and oxygen atoms in total. The molecular formula is C12H16O2S2. The van der Waals surface area contributed by atoms with E-state index in [0.717, 1.165) is 33.1 Å². The first-order valence-electron chi connectivity index (χ1n) is 5.28. The Morgan fingerprint density at radius 3 is 2.06 bits per heavy atom. The summed E-state index contributed by atoms with van der Waals surface area (Å²) in [6.45, 7) is 4.09. The molecule has 0 saturated heterocycles. The van der Waals surface area contributed by atoms with E-state index in [1.165, 1.54) is 0 Å². The highest BCUT2D eigenvalue weighted by Gasteiger charge is 2.10. The second-order valence-corrected chi connectivity index (χ2v) is 5.79. The zero-order valence-corrected chi connectivity index (χ0v) is 11.2. The van der Waals surface area contributed by atoms with Crippen molar-refractivity contribution in [2.75, 3.05) is 11.5 Å². The van der Waals surface area contributed by atoms with Crippen molar-refractivity contribution in [2.24, 2.45) is 0 Å². The Kier molecular flexibility index (Phi) is 5.77. The van der Waals surface area contributed by atoms with Crippen LogP contribution in [0.2, 0.25) is 0 Å². The molecule has 0 aliphatic heterocycles. The van der Waals surface area contributed by atoms with Gasteiger partial charge in [-0.3, -0.25) is 0 Å². The molecule has 0 fully saturated rings. The Morgan fingerprint density at radius 1 is 1.19 bits per heavy atom. The van der Waals surface area contributed by atoms with E-state index in [0.29, 0.717) is 12.2 Å². The maximum absolute atomic E-state index is 10.5. The summed E-state index contributed by atoms with van der Waals surface area (Å²) in [6, 6.07) is 3.80. The number of phenols is 1. The molecule has 1 aromatic rings. The maximum Gasteiger partial charge on any atom is 0.142 e. The lowest BCUT2D eigenvalue weighted by atomic mass is 10.1. The van der Waals surface area contributed by atoms with Gasteiger partial charge in [0.05, 0.1) is 9.79 Å². The van der Waals surface area contributed by atoms with Crippen LogP contribution >= 0.6 is 23.5 Å². The lowest BCUT2D eigenvalue weighted by Crippen LogP contribution is -1.90. The van der Waals surface area contributed by atoms with Gasteiger partial charge in [-0.1, -0.05) is 13.8 Å². The zero-order valence-electron chi connectivity index (χ0n) is 9.53. The van der Waals surface area contributed by atoms with Crippen molar-refractivity contribution >= 4 is 29.8 Å². The Bertz CT molecular complexity index is 337. The number of hydrogen-bond donors (Lipinski definition) is 1. The standard InChI is InChI=1S/C12H16O2S2/c1-3-15-10-7-9(5-6-13)8-11(12(10)14)16-4-2/h6-8,14H,3-5H2,1-2H3. The van der Waals surface area contributed by atoms with Crippen LogP contribution in [0.3, 0.4) is 0 Å². The van der Waals surface area contributed by atoms with Crippen molar-refractivity contribution in [1.29, 1.82) is 0 Å². The molecule has 0 saturated carbocycles. The van der Waals surface area contributed by atoms with Crippen molar-refractivity contribution < 1.29 is 9.90 Å². The first kappa shape index (κ1) is 13.5. The number of phenolic OH excluding ortho intramolecular Hbond substituents is 1. The number of benzene rings is 1. The molecule has 1 rings (SSSR count). The van der Waals surface area contributed by atoms with Gasteiger partial charge in [-0.05, 0) is 29.2 Å². The predicted molar refractivity (Wildman–Crippen MR) is 70.7 cm³/mol. The Morgan fingerprint density at radius 2 is 1.69 bits per heavy atom. The lowest BCUT2D eigenvalue weighted by Gasteiger charge is -2.10. The van der Waals surface area contributed by atoms with E-state index in [2.05, 4.69) is 0 Å². The summed E-state index contributed by atoms with van der Waals surface area (Å²) in [5.41, 5.74) is 0.972. The molecule has 0 bridgehead atoms. The molecule has 0 radical (unpaired) electrons. The monoisotopic (exact) mass is 256 g/mol. The largest absolute Gasteiger partial charge is 0.506 e. The fraction of sp³-hybridized carbons (Fsp3) is 0.417. The molecule has 0 unspecified atom stereocenters. The minimum Gasteiger partial charge on any atom is -0.506 e. The van der Waals surface area contributed by atoms with Crippen molar-refractivity contribution in [3.63, 3.8) is 0 Å². The van der Waals surface area contributed by atoms with Crippen LogP contribution in [0.4, 0.5) is 0 Å². The van der Waals surface area contributed by atoms with Gasteiger partial charge in [0.1, 0.15) is 12.0 Å². The second-order valence-electron chi connectivity index (χ2n) is 3.18. The van der Waals surface area contributed by atoms with Crippen molar-refractivity contribution in [2.45, 2.75) is 30.1 Å². The van der Waals surface area contributed by atoms with Gasteiger partial charge in [0.25, 0.3) is 0 Å². The Labute approximate surface area is 105 Å². The smallest absolute Gasteiger partial charge is 0.142 e. The molecule has 0 aromatic heterocycles. The van der Waals surface area contributed by atoms with Gasteiger partial charge < -0.3 is 9.90 Å². The third-order valence-corrected chi connectivity index (χ3v) is 3.84. The average molecular weight is 256 g/mol. The number of aromatic hydroxyl groups is 1. The SMILES string of the molecule is CCSc1cc(CC=O)cc(SCC)c1O. The topological polar surface area (TPSA) is 37.3 Å². The number of carbonyl (C=O) groups is 1. The number of hydrogen-bond acceptors (Lipinski definition) is 4. The minimum atomic E-state index is 0.355. The summed E-state index contributed by atoms with van der Waals surface area (Å²) >= 11 is 3.21. The summed E-state index contributed by atoms with van der Waals surface area (Å²) in [7, 11) is 0. The third kappa shape index (κ3) is 3.46. The van der Waals surface area contributed by atoms with E-state index in [4.69, 9.17) is 0 Å². The quantitative estimate of drug-likeness (QED) is 0.625. The highest BCUT2D eigenvalue weighted by atomic mass is 32.2. The van der Waals surface area contributed by atoms with Crippen molar-refractivity contribution in [1.82, 2.24) is 0 Å². The Balaban J connectivity index is 3.09. The molecule has 16 heavy (non-hydrogen) atoms. The van der Waals surface area contributed by atoms with E-state index < -0.39 is 0 Å². The van der Waals surface area contributed by atoms with Crippen LogP contribution in [0.25, 0.3) is 0 Å². The van der Waals surface area contributed by atoms with E-state index in [1.54, 1.807) is 23.5 Å². The number of thioether (sulfide) groups is 2. The first-order chi connectivity index (χ1) is 7.72. The normalized spacial score (nSPS) is 10.4. The molecule has 1 aromatic carbocycles. The van der Waals surface area contributed by atoms with Gasteiger partial charge in [-0.2, -0.15) is 0 Å². The Hall–Kier alpha value is -0.610. The summed E-state index contributed by atoms with van der Waals surface area (Å²) in [6.07, 6.45) is 1.31. The molecule has 1 N–H and O–H groups in total. The number of carbonyl (C=O) groups excluding carboxylic acids is 1. The molecular weight excluding hydrogens is 240 g/mol. The number of aldehydes is 1. The van der Waals surface area contributed by atoms with E-state index >= 15 is 0 Å². The predicted octanol–water partition coefficient (Wildman–Crippen LogP) is 3.36. The van der Waals surface area contributed by atoms with Gasteiger partial charge in [-0.25, -0.2) is 0 Å². The van der Waals surface area contributed by atoms with Crippen molar-refractivity contribution in [3.8, 4) is 5.75 Å². The molecule has 0 aliphatic carbocycles. The summed E-state index contributed by atoms with van der Waals surface area (Å²) in [5.74, 6) is 2.18. The molecule has 0 spiro atoms. The second kappa shape index (κ2) is 6.86. The molecule has 0 amide bonds. The van der Waals surface area contributed by atoms with Crippen molar-refractivity contribution in [3.05, 3.63) is 17.7 Å². The molecule has 0 aliphatic rings. The fourth-order valence-corrected chi connectivity index (χ4v) is 3.03. The fourth-order valence-electron chi connectivity index (χ4n) is 1.38. The summed E-state index contributed by atoms with van der Waals surface area (Å²) < 4.78 is 0. The van der Waals surface area contributed by atoms with Crippen LogP contribution in [0.15, 0.2) is 21.9 Å². The number of rotatable bonds is 6. The highest BCUT2D eigenvalue weighted by Crippen LogP contribution is 2.38. The molecule has 88 valence electrons. The van der Waals surface area contributed by atoms with Crippen LogP contribution in [0.5, 0.6) is 5.75 Å². The maximum atomic E-state index is 10.5. The van der Waals surface area contributed by atoms with Crippen LogP contribution in [0, 0.1) is 0 Å². The molecule has 0 heterocycles. The molecule has 4 heteroatoms. The highest BCUT2D eigenvalue weighted by molar-refractivity contribution is 8.00. The minimum absolute atomic E-state index is 0.355. The summed E-state index contributed by atoms with van der Waals surface area (Å²) in [5, 5.41) is 10.0. The van der Waals surface area contributed by atoms with Gasteiger partial charge in [0, 0.05) is 6.42 Å². The third-order valence-electron chi connectivity index (χ3n) is 2.02. The van der Waals surface area contributed by atoms with E-state index in [1.807, 2.05) is 26.0 Å². The molecule has 0 atom stereocenters. The van der Waals surface area contributed by atoms with Crippen LogP contribution in [0.1, 0.15) is 19.4 Å². The average Bonchev–Trinajstić information content (AvgIpc) is 2.26. The zero-order chi connectivity index (χ0) is 12.0. The van der Waals surface area contributed by atoms with Gasteiger partial charge in [0.2, 0.25) is 0 Å².